The highest BCUT2D eigenvalue weighted by Crippen LogP contribution is 2.16. The highest BCUT2D eigenvalue weighted by atomic mass is 16.5. The SMILES string of the molecule is COC(=O)c1cc(N)ccc1C=CCO. The second kappa shape index (κ2) is 5.17. The van der Waals surface area contributed by atoms with Gasteiger partial charge >= 0.3 is 5.97 Å². The number of aliphatic hydroxyl groups excluding tert-OH is 1. The molecule has 0 aliphatic rings. The molecule has 0 heterocycles. The summed E-state index contributed by atoms with van der Waals surface area (Å²) in [7, 11) is 1.31. The number of hydrogen-bond acceptors (Lipinski definition) is 4. The molecule has 0 aliphatic carbocycles. The van der Waals surface area contributed by atoms with Crippen LogP contribution in [0.15, 0.2) is 24.3 Å². The van der Waals surface area contributed by atoms with Gasteiger partial charge in [-0.3, -0.25) is 0 Å². The third kappa shape index (κ3) is 2.82. The molecular weight excluding hydrogens is 194 g/mol. The number of aliphatic hydroxyl groups is 1. The van der Waals surface area contributed by atoms with E-state index in [1.165, 1.54) is 13.2 Å². The summed E-state index contributed by atoms with van der Waals surface area (Å²) in [5.41, 5.74) is 7.13. The van der Waals surface area contributed by atoms with Crippen LogP contribution in [0.3, 0.4) is 0 Å². The third-order valence-corrected chi connectivity index (χ3v) is 1.89. The van der Waals surface area contributed by atoms with Gasteiger partial charge in [-0.2, -0.15) is 0 Å². The minimum absolute atomic E-state index is 0.0784. The number of esters is 1. The van der Waals surface area contributed by atoms with E-state index in [9.17, 15) is 4.79 Å². The smallest absolute Gasteiger partial charge is 0.338 e. The summed E-state index contributed by atoms with van der Waals surface area (Å²) in [4.78, 5) is 11.4. The van der Waals surface area contributed by atoms with Crippen LogP contribution < -0.4 is 5.73 Å². The Hall–Kier alpha value is -1.81. The van der Waals surface area contributed by atoms with Crippen LogP contribution in [0.5, 0.6) is 0 Å². The van der Waals surface area contributed by atoms with E-state index in [1.54, 1.807) is 24.3 Å². The van der Waals surface area contributed by atoms with Gasteiger partial charge < -0.3 is 15.6 Å². The van der Waals surface area contributed by atoms with Crippen LogP contribution in [0.1, 0.15) is 15.9 Å². The molecule has 0 bridgehead atoms. The summed E-state index contributed by atoms with van der Waals surface area (Å²) in [6.45, 7) is -0.0784. The summed E-state index contributed by atoms with van der Waals surface area (Å²) in [6, 6.07) is 4.93. The molecule has 0 aliphatic heterocycles. The molecule has 0 radical (unpaired) electrons. The standard InChI is InChI=1S/C11H13NO3/c1-15-11(14)10-7-9(12)5-4-8(10)3-2-6-13/h2-5,7,13H,6,12H2,1H3. The predicted octanol–water partition coefficient (Wildman–Crippen LogP) is 1.06. The van der Waals surface area contributed by atoms with Crippen LogP contribution in [0.4, 0.5) is 5.69 Å². The lowest BCUT2D eigenvalue weighted by atomic mass is 10.1. The van der Waals surface area contributed by atoms with Crippen LogP contribution in [-0.2, 0) is 4.74 Å². The Kier molecular flexibility index (Phi) is 3.88. The van der Waals surface area contributed by atoms with Crippen LogP contribution in [0, 0.1) is 0 Å². The monoisotopic (exact) mass is 207 g/mol. The molecular formula is C11H13NO3. The predicted molar refractivity (Wildman–Crippen MR) is 58.3 cm³/mol. The van der Waals surface area contributed by atoms with Gasteiger partial charge in [-0.15, -0.1) is 0 Å². The third-order valence-electron chi connectivity index (χ3n) is 1.89. The number of ether oxygens (including phenoxy) is 1. The lowest BCUT2D eigenvalue weighted by Gasteiger charge is -2.04. The van der Waals surface area contributed by atoms with Crippen LogP contribution in [-0.4, -0.2) is 24.8 Å². The first-order chi connectivity index (χ1) is 7.19. The molecule has 0 fully saturated rings. The molecule has 1 aromatic carbocycles. The van der Waals surface area contributed by atoms with Crippen molar-refractivity contribution in [3.05, 3.63) is 35.4 Å². The van der Waals surface area contributed by atoms with E-state index in [2.05, 4.69) is 4.74 Å². The Bertz CT molecular complexity index is 385. The van der Waals surface area contributed by atoms with E-state index in [1.807, 2.05) is 0 Å². The van der Waals surface area contributed by atoms with E-state index < -0.39 is 5.97 Å². The van der Waals surface area contributed by atoms with Crippen LogP contribution >= 0.6 is 0 Å². The van der Waals surface area contributed by atoms with Gasteiger partial charge in [0.15, 0.2) is 0 Å². The number of nitrogens with two attached hydrogens (primary N) is 1. The van der Waals surface area contributed by atoms with Gasteiger partial charge in [-0.25, -0.2) is 4.79 Å². The molecule has 0 saturated carbocycles. The van der Waals surface area contributed by atoms with Gasteiger partial charge in [0.2, 0.25) is 0 Å². The zero-order valence-corrected chi connectivity index (χ0v) is 8.43. The van der Waals surface area contributed by atoms with Crippen molar-refractivity contribution in [2.75, 3.05) is 19.5 Å². The molecule has 0 unspecified atom stereocenters. The summed E-state index contributed by atoms with van der Waals surface area (Å²) < 4.78 is 4.62. The van der Waals surface area contributed by atoms with Crippen molar-refractivity contribution in [1.82, 2.24) is 0 Å². The van der Waals surface area contributed by atoms with E-state index in [0.717, 1.165) is 0 Å². The van der Waals surface area contributed by atoms with Gasteiger partial charge in [0.25, 0.3) is 0 Å². The number of carbonyl (C=O) groups is 1. The minimum Gasteiger partial charge on any atom is -0.465 e. The average molecular weight is 207 g/mol. The lowest BCUT2D eigenvalue weighted by molar-refractivity contribution is 0.0600. The molecule has 0 amide bonds. The second-order valence-electron chi connectivity index (χ2n) is 2.92. The maximum Gasteiger partial charge on any atom is 0.338 e. The normalized spacial score (nSPS) is 10.5. The van der Waals surface area contributed by atoms with Crippen molar-refractivity contribution in [2.24, 2.45) is 0 Å². The Balaban J connectivity index is 3.14. The van der Waals surface area contributed by atoms with E-state index >= 15 is 0 Å². The number of rotatable bonds is 3. The van der Waals surface area contributed by atoms with Crippen LogP contribution in [0.25, 0.3) is 6.08 Å². The van der Waals surface area contributed by atoms with Crippen molar-refractivity contribution >= 4 is 17.7 Å². The summed E-state index contributed by atoms with van der Waals surface area (Å²) in [5.74, 6) is -0.445. The number of hydrogen-bond donors (Lipinski definition) is 2. The second-order valence-corrected chi connectivity index (χ2v) is 2.92. The topological polar surface area (TPSA) is 72.5 Å². The molecule has 80 valence electrons. The first-order valence-corrected chi connectivity index (χ1v) is 4.44. The Labute approximate surface area is 88.0 Å². The lowest BCUT2D eigenvalue weighted by Crippen LogP contribution is -2.04. The van der Waals surface area contributed by atoms with Gasteiger partial charge in [0.1, 0.15) is 0 Å². The molecule has 4 nitrogen and oxygen atoms in total. The zero-order valence-electron chi connectivity index (χ0n) is 8.43. The van der Waals surface area contributed by atoms with Crippen molar-refractivity contribution in [3.8, 4) is 0 Å². The van der Waals surface area contributed by atoms with Gasteiger partial charge in [-0.1, -0.05) is 18.2 Å². The quantitative estimate of drug-likeness (QED) is 0.574. The van der Waals surface area contributed by atoms with Gasteiger partial charge in [0.05, 0.1) is 19.3 Å². The molecule has 15 heavy (non-hydrogen) atoms. The highest BCUT2D eigenvalue weighted by molar-refractivity contribution is 5.94. The first-order valence-electron chi connectivity index (χ1n) is 4.44. The maximum atomic E-state index is 11.4. The summed E-state index contributed by atoms with van der Waals surface area (Å²) >= 11 is 0. The zero-order chi connectivity index (χ0) is 11.3. The van der Waals surface area contributed by atoms with Gasteiger partial charge in [0, 0.05) is 5.69 Å². The first kappa shape index (κ1) is 11.3. The molecule has 0 saturated heterocycles. The Morgan fingerprint density at radius 3 is 2.93 bits per heavy atom. The number of methoxy groups -OCH3 is 1. The van der Waals surface area contributed by atoms with Crippen molar-refractivity contribution in [1.29, 1.82) is 0 Å². The Morgan fingerprint density at radius 2 is 2.33 bits per heavy atom. The molecule has 1 aromatic rings. The fourth-order valence-electron chi connectivity index (χ4n) is 1.19. The largest absolute Gasteiger partial charge is 0.465 e. The number of anilines is 1. The summed E-state index contributed by atoms with van der Waals surface area (Å²) in [6.07, 6.45) is 3.18. The van der Waals surface area contributed by atoms with Crippen molar-refractivity contribution < 1.29 is 14.6 Å². The van der Waals surface area contributed by atoms with E-state index in [0.29, 0.717) is 16.8 Å². The number of carbonyl (C=O) groups excluding carboxylic acids is 1. The minimum atomic E-state index is -0.445. The maximum absolute atomic E-state index is 11.4. The Morgan fingerprint density at radius 1 is 1.60 bits per heavy atom. The van der Waals surface area contributed by atoms with Crippen molar-refractivity contribution in [3.63, 3.8) is 0 Å². The molecule has 0 spiro atoms. The number of benzene rings is 1. The number of nitrogen functional groups attached to an aromatic ring is 1. The van der Waals surface area contributed by atoms with Gasteiger partial charge in [-0.05, 0) is 17.7 Å². The highest BCUT2D eigenvalue weighted by Gasteiger charge is 2.09. The molecule has 3 N–H and O–H groups in total. The summed E-state index contributed by atoms with van der Waals surface area (Å²) in [5, 5.41) is 8.64. The van der Waals surface area contributed by atoms with Crippen molar-refractivity contribution in [2.45, 2.75) is 0 Å². The fraction of sp³-hybridized carbons (Fsp3) is 0.182. The molecule has 0 atom stereocenters. The molecule has 0 aromatic heterocycles. The molecule has 4 heteroatoms. The fourth-order valence-corrected chi connectivity index (χ4v) is 1.19. The van der Waals surface area contributed by atoms with Crippen LogP contribution in [0.2, 0.25) is 0 Å². The van der Waals surface area contributed by atoms with E-state index in [-0.39, 0.29) is 6.61 Å². The average Bonchev–Trinajstić information content (AvgIpc) is 2.26. The van der Waals surface area contributed by atoms with E-state index in [4.69, 9.17) is 10.8 Å². The molecule has 1 rings (SSSR count).